The van der Waals surface area contributed by atoms with E-state index < -0.39 is 35.2 Å². The van der Waals surface area contributed by atoms with Crippen molar-refractivity contribution in [3.05, 3.63) is 0 Å². The van der Waals surface area contributed by atoms with Gasteiger partial charge in [-0.15, -0.1) is 0 Å². The molecule has 0 bridgehead atoms. The van der Waals surface area contributed by atoms with Crippen LogP contribution in [-0.4, -0.2) is 60.9 Å². The lowest BCUT2D eigenvalue weighted by atomic mass is 9.97. The zero-order valence-electron chi connectivity index (χ0n) is 13.0. The molecular formula is C13H22N2O6. The van der Waals surface area contributed by atoms with Gasteiger partial charge in [0.25, 0.3) is 0 Å². The summed E-state index contributed by atoms with van der Waals surface area (Å²) in [4.78, 5) is 36.9. The fourth-order valence-electron chi connectivity index (χ4n) is 2.14. The molecule has 120 valence electrons. The maximum atomic E-state index is 12.2. The van der Waals surface area contributed by atoms with E-state index in [2.05, 4.69) is 9.47 Å². The molecule has 2 N–H and O–H groups in total. The third-order valence-electron chi connectivity index (χ3n) is 3.08. The predicted molar refractivity (Wildman–Crippen MR) is 72.3 cm³/mol. The highest BCUT2D eigenvalue weighted by Crippen LogP contribution is 2.29. The zero-order valence-corrected chi connectivity index (χ0v) is 13.0. The molecule has 0 unspecified atom stereocenters. The maximum Gasteiger partial charge on any atom is 0.411 e. The molecule has 1 saturated heterocycles. The fraction of sp³-hybridized carbons (Fsp3) is 0.769. The van der Waals surface area contributed by atoms with Gasteiger partial charge >= 0.3 is 18.0 Å². The van der Waals surface area contributed by atoms with Crippen molar-refractivity contribution >= 4 is 18.0 Å². The molecule has 0 aromatic carbocycles. The van der Waals surface area contributed by atoms with Crippen molar-refractivity contribution in [1.82, 2.24) is 4.90 Å². The maximum absolute atomic E-state index is 12.2. The summed E-state index contributed by atoms with van der Waals surface area (Å²) in [7, 11) is 2.39. The molecule has 1 rings (SSSR count). The largest absolute Gasteiger partial charge is 0.468 e. The van der Waals surface area contributed by atoms with Crippen LogP contribution >= 0.6 is 0 Å². The molecule has 1 heterocycles. The van der Waals surface area contributed by atoms with Crippen LogP contribution in [0.5, 0.6) is 0 Å². The molecule has 21 heavy (non-hydrogen) atoms. The van der Waals surface area contributed by atoms with Crippen molar-refractivity contribution < 1.29 is 28.6 Å². The topological polar surface area (TPSA) is 108 Å². The molecule has 0 saturated carbocycles. The summed E-state index contributed by atoms with van der Waals surface area (Å²) in [5.74, 6) is -1.35. The third-order valence-corrected chi connectivity index (χ3v) is 3.08. The first kappa shape index (κ1) is 17.2. The van der Waals surface area contributed by atoms with Crippen LogP contribution in [0.3, 0.4) is 0 Å². The van der Waals surface area contributed by atoms with Gasteiger partial charge in [0, 0.05) is 6.42 Å². The van der Waals surface area contributed by atoms with E-state index in [9.17, 15) is 14.4 Å². The van der Waals surface area contributed by atoms with Gasteiger partial charge in [-0.2, -0.15) is 0 Å². The first-order valence-corrected chi connectivity index (χ1v) is 6.49. The second-order valence-electron chi connectivity index (χ2n) is 6.00. The number of esters is 2. The smallest absolute Gasteiger partial charge is 0.411 e. The number of likely N-dealkylation sites (tertiary alicyclic amines) is 1. The monoisotopic (exact) mass is 302 g/mol. The fourth-order valence-corrected chi connectivity index (χ4v) is 2.14. The van der Waals surface area contributed by atoms with Crippen molar-refractivity contribution in [3.8, 4) is 0 Å². The second kappa shape index (κ2) is 5.88. The summed E-state index contributed by atoms with van der Waals surface area (Å²) in [5, 5.41) is 0. The minimum Gasteiger partial charge on any atom is -0.468 e. The molecule has 8 heteroatoms. The van der Waals surface area contributed by atoms with Crippen LogP contribution in [0.25, 0.3) is 0 Å². The highest BCUT2D eigenvalue weighted by Gasteiger charge is 2.53. The van der Waals surface area contributed by atoms with Gasteiger partial charge in [-0.25, -0.2) is 14.4 Å². The van der Waals surface area contributed by atoms with E-state index in [1.165, 1.54) is 14.2 Å². The Balaban J connectivity index is 3.01. The van der Waals surface area contributed by atoms with Crippen molar-refractivity contribution in [3.63, 3.8) is 0 Å². The summed E-state index contributed by atoms with van der Waals surface area (Å²) in [5.41, 5.74) is 3.77. The molecule has 0 radical (unpaired) electrons. The first-order chi connectivity index (χ1) is 9.54. The molecule has 1 aliphatic heterocycles. The van der Waals surface area contributed by atoms with E-state index in [0.29, 0.717) is 0 Å². The van der Waals surface area contributed by atoms with E-state index in [0.717, 1.165) is 4.90 Å². The van der Waals surface area contributed by atoms with E-state index in [1.54, 1.807) is 20.8 Å². The number of hydrogen-bond acceptors (Lipinski definition) is 7. The Morgan fingerprint density at radius 3 is 2.19 bits per heavy atom. The van der Waals surface area contributed by atoms with E-state index in [1.807, 2.05) is 0 Å². The number of nitrogens with zero attached hydrogens (tertiary/aromatic N) is 1. The number of carbonyl (C=O) groups is 3. The molecule has 0 aromatic heterocycles. The van der Waals surface area contributed by atoms with Crippen molar-refractivity contribution in [2.24, 2.45) is 5.73 Å². The van der Waals surface area contributed by atoms with Crippen LogP contribution < -0.4 is 5.73 Å². The SMILES string of the molecule is COC(=O)[C@@H]1C[C@](N)(C(=O)OC)CN1C(=O)OC(C)(C)C. The Morgan fingerprint density at radius 1 is 1.19 bits per heavy atom. The van der Waals surface area contributed by atoms with Crippen LogP contribution in [-0.2, 0) is 23.8 Å². The number of rotatable bonds is 2. The van der Waals surface area contributed by atoms with Gasteiger partial charge < -0.3 is 19.9 Å². The van der Waals surface area contributed by atoms with Crippen LogP contribution in [0.1, 0.15) is 27.2 Å². The van der Waals surface area contributed by atoms with Gasteiger partial charge in [-0.1, -0.05) is 0 Å². The number of hydrogen-bond donors (Lipinski definition) is 1. The second-order valence-corrected chi connectivity index (χ2v) is 6.00. The summed E-state index contributed by atoms with van der Waals surface area (Å²) in [6.45, 7) is 4.92. The summed E-state index contributed by atoms with van der Waals surface area (Å²) < 4.78 is 14.5. The molecule has 0 spiro atoms. The molecule has 8 nitrogen and oxygen atoms in total. The van der Waals surface area contributed by atoms with Gasteiger partial charge in [0.15, 0.2) is 0 Å². The van der Waals surface area contributed by atoms with Gasteiger partial charge in [0.05, 0.1) is 20.8 Å². The van der Waals surface area contributed by atoms with Gasteiger partial charge in [-0.3, -0.25) is 4.90 Å². The zero-order chi connectivity index (χ0) is 16.4. The third kappa shape index (κ3) is 3.84. The number of nitrogens with two attached hydrogens (primary N) is 1. The Morgan fingerprint density at radius 2 is 1.76 bits per heavy atom. The van der Waals surface area contributed by atoms with Crippen molar-refractivity contribution in [2.45, 2.75) is 44.4 Å². The number of amides is 1. The minimum atomic E-state index is -1.45. The average Bonchev–Trinajstić information content (AvgIpc) is 2.74. The van der Waals surface area contributed by atoms with Crippen LogP contribution in [0.2, 0.25) is 0 Å². The van der Waals surface area contributed by atoms with Gasteiger partial charge in [0.2, 0.25) is 0 Å². The highest BCUT2D eigenvalue weighted by atomic mass is 16.6. The van der Waals surface area contributed by atoms with E-state index >= 15 is 0 Å². The summed E-state index contributed by atoms with van der Waals surface area (Å²) >= 11 is 0. The summed E-state index contributed by atoms with van der Waals surface area (Å²) in [6, 6.07) is -0.978. The van der Waals surface area contributed by atoms with Crippen LogP contribution in [0.15, 0.2) is 0 Å². The van der Waals surface area contributed by atoms with Crippen LogP contribution in [0, 0.1) is 0 Å². The molecule has 1 amide bonds. The molecule has 0 aromatic rings. The predicted octanol–water partition coefficient (Wildman–Crippen LogP) is 0.0393. The van der Waals surface area contributed by atoms with Gasteiger partial charge in [0.1, 0.15) is 17.2 Å². The molecular weight excluding hydrogens is 280 g/mol. The van der Waals surface area contributed by atoms with Crippen LogP contribution in [0.4, 0.5) is 4.79 Å². The quantitative estimate of drug-likeness (QED) is 0.566. The average molecular weight is 302 g/mol. The first-order valence-electron chi connectivity index (χ1n) is 6.49. The van der Waals surface area contributed by atoms with Gasteiger partial charge in [-0.05, 0) is 20.8 Å². The van der Waals surface area contributed by atoms with Crippen molar-refractivity contribution in [2.75, 3.05) is 20.8 Å². The van der Waals surface area contributed by atoms with Crippen molar-refractivity contribution in [1.29, 1.82) is 0 Å². The highest BCUT2D eigenvalue weighted by molar-refractivity contribution is 5.88. The molecule has 0 aliphatic carbocycles. The van der Waals surface area contributed by atoms with E-state index in [4.69, 9.17) is 10.5 Å². The molecule has 2 atom stereocenters. The Labute approximate surface area is 123 Å². The summed E-state index contributed by atoms with van der Waals surface area (Å²) in [6.07, 6.45) is -0.805. The lowest BCUT2D eigenvalue weighted by Crippen LogP contribution is -2.51. The lowest BCUT2D eigenvalue weighted by Gasteiger charge is -2.27. The number of carbonyl (C=O) groups excluding carboxylic acids is 3. The number of methoxy groups -OCH3 is 2. The Bertz CT molecular complexity index is 444. The van der Waals surface area contributed by atoms with E-state index in [-0.39, 0.29) is 13.0 Å². The Hall–Kier alpha value is -1.83. The molecule has 1 aliphatic rings. The normalized spacial score (nSPS) is 25.4. The lowest BCUT2D eigenvalue weighted by molar-refractivity contribution is -0.146. The minimum absolute atomic E-state index is 0.0778. The standard InChI is InChI=1S/C13H22N2O6/c1-12(2,3)21-11(18)15-7-13(14,10(17)20-5)6-8(15)9(16)19-4/h8H,6-7,14H2,1-5H3/t8-,13+/m0/s1. The Kier molecular flexibility index (Phi) is 4.83. The number of ether oxygens (including phenoxy) is 3. The molecule has 1 fully saturated rings.